The Labute approximate surface area is 147 Å². The topological polar surface area (TPSA) is 68.0 Å². The van der Waals surface area contributed by atoms with E-state index < -0.39 is 0 Å². The van der Waals surface area contributed by atoms with Crippen LogP contribution < -0.4 is 9.47 Å². The van der Waals surface area contributed by atoms with E-state index in [0.717, 1.165) is 21.5 Å². The van der Waals surface area contributed by atoms with E-state index in [-0.39, 0.29) is 0 Å². The largest absolute Gasteiger partial charge is 0.486 e. The molecule has 1 aromatic heterocycles. The molecule has 7 heteroatoms. The Morgan fingerprint density at radius 1 is 1.22 bits per heavy atom. The molecule has 5 nitrogen and oxygen atoms in total. The van der Waals surface area contributed by atoms with Gasteiger partial charge in [-0.05, 0) is 31.5 Å². The van der Waals surface area contributed by atoms with Crippen LogP contribution in [0.4, 0.5) is 0 Å². The molecule has 1 aromatic carbocycles. The maximum absolute atomic E-state index is 9.31. The van der Waals surface area contributed by atoms with E-state index in [0.29, 0.717) is 41.1 Å². The molecule has 118 valence electrons. The lowest BCUT2D eigenvalue weighted by atomic mass is 10.2. The first kappa shape index (κ1) is 16.1. The fourth-order valence-electron chi connectivity index (χ4n) is 2.28. The summed E-state index contributed by atoms with van der Waals surface area (Å²) in [6.45, 7) is 4.79. The molecule has 0 N–H and O–H groups in total. The van der Waals surface area contributed by atoms with Crippen LogP contribution in [0.15, 0.2) is 21.6 Å². The van der Waals surface area contributed by atoms with Gasteiger partial charge >= 0.3 is 0 Å². The van der Waals surface area contributed by atoms with Crippen molar-refractivity contribution in [2.45, 2.75) is 24.6 Å². The molecule has 0 atom stereocenters. The average Bonchev–Trinajstić information content (AvgIpc) is 2.52. The Morgan fingerprint density at radius 3 is 2.61 bits per heavy atom. The van der Waals surface area contributed by atoms with Crippen LogP contribution in [0.25, 0.3) is 0 Å². The second-order valence-corrected chi connectivity index (χ2v) is 6.84. The van der Waals surface area contributed by atoms with Crippen molar-refractivity contribution in [3.63, 3.8) is 0 Å². The third-order valence-corrected chi connectivity index (χ3v) is 5.12. The Balaban J connectivity index is 1.86. The molecule has 0 radical (unpaired) electrons. The van der Waals surface area contributed by atoms with Gasteiger partial charge in [0, 0.05) is 10.2 Å². The number of thioether (sulfide) groups is 1. The maximum Gasteiger partial charge on any atom is 0.162 e. The van der Waals surface area contributed by atoms with Crippen molar-refractivity contribution in [3.05, 3.63) is 39.3 Å². The molecule has 0 fully saturated rings. The zero-order valence-corrected chi connectivity index (χ0v) is 15.1. The maximum atomic E-state index is 9.31. The van der Waals surface area contributed by atoms with E-state index in [4.69, 9.17) is 9.47 Å². The van der Waals surface area contributed by atoms with Crippen LogP contribution in [0.2, 0.25) is 0 Å². The summed E-state index contributed by atoms with van der Waals surface area (Å²) in [6, 6.07) is 6.08. The summed E-state index contributed by atoms with van der Waals surface area (Å²) in [7, 11) is 0. The van der Waals surface area contributed by atoms with Gasteiger partial charge in [0.15, 0.2) is 11.5 Å². The summed E-state index contributed by atoms with van der Waals surface area (Å²) >= 11 is 5.08. The molecule has 0 aliphatic carbocycles. The van der Waals surface area contributed by atoms with Crippen molar-refractivity contribution in [2.24, 2.45) is 0 Å². The van der Waals surface area contributed by atoms with E-state index in [2.05, 4.69) is 32.0 Å². The first-order chi connectivity index (χ1) is 11.1. The highest BCUT2D eigenvalue weighted by Gasteiger charge is 2.16. The molecule has 0 bridgehead atoms. The Morgan fingerprint density at radius 2 is 1.91 bits per heavy atom. The van der Waals surface area contributed by atoms with E-state index >= 15 is 0 Å². The number of halogens is 1. The SMILES string of the molecule is Cc1nc(C)c(C#N)c(SCc2cc3c(cc2Br)OCCO3)n1. The number of benzene rings is 1. The molecule has 2 aromatic rings. The van der Waals surface area contributed by atoms with Gasteiger partial charge in [-0.15, -0.1) is 11.8 Å². The van der Waals surface area contributed by atoms with E-state index in [1.165, 1.54) is 11.8 Å². The zero-order valence-electron chi connectivity index (χ0n) is 12.7. The Bertz CT molecular complexity index is 805. The lowest BCUT2D eigenvalue weighted by Crippen LogP contribution is -2.15. The Kier molecular flexibility index (Phi) is 4.74. The summed E-state index contributed by atoms with van der Waals surface area (Å²) < 4.78 is 12.1. The molecule has 0 unspecified atom stereocenters. The van der Waals surface area contributed by atoms with Gasteiger partial charge in [0.05, 0.1) is 5.69 Å². The predicted octanol–water partition coefficient (Wildman–Crippen LogP) is 3.79. The minimum atomic E-state index is 0.536. The number of aromatic nitrogens is 2. The van der Waals surface area contributed by atoms with Crippen molar-refractivity contribution in [3.8, 4) is 17.6 Å². The van der Waals surface area contributed by atoms with Crippen molar-refractivity contribution < 1.29 is 9.47 Å². The minimum Gasteiger partial charge on any atom is -0.486 e. The van der Waals surface area contributed by atoms with Crippen molar-refractivity contribution in [1.82, 2.24) is 9.97 Å². The average molecular weight is 392 g/mol. The van der Waals surface area contributed by atoms with E-state index in [1.54, 1.807) is 0 Å². The van der Waals surface area contributed by atoms with Crippen LogP contribution in [0.5, 0.6) is 11.5 Å². The molecule has 0 saturated carbocycles. The number of nitrogens with zero attached hydrogens (tertiary/aromatic N) is 3. The third kappa shape index (κ3) is 3.43. The molecule has 3 rings (SSSR count). The summed E-state index contributed by atoms with van der Waals surface area (Å²) in [4.78, 5) is 8.64. The molecule has 1 aliphatic heterocycles. The monoisotopic (exact) mass is 391 g/mol. The standard InChI is InChI=1S/C16H14BrN3O2S/c1-9-12(7-18)16(20-10(2)19-9)23-8-11-5-14-15(6-13(11)17)22-4-3-21-14/h5-6H,3-4,8H2,1-2H3. The second kappa shape index (κ2) is 6.77. The van der Waals surface area contributed by atoms with Crippen LogP contribution >= 0.6 is 27.7 Å². The van der Waals surface area contributed by atoms with E-state index in [1.807, 2.05) is 26.0 Å². The highest BCUT2D eigenvalue weighted by Crippen LogP contribution is 2.38. The van der Waals surface area contributed by atoms with Gasteiger partial charge in [0.2, 0.25) is 0 Å². The second-order valence-electron chi connectivity index (χ2n) is 5.02. The zero-order chi connectivity index (χ0) is 16.4. The van der Waals surface area contributed by atoms with Crippen molar-refractivity contribution in [1.29, 1.82) is 5.26 Å². The van der Waals surface area contributed by atoms with Gasteiger partial charge in [-0.1, -0.05) is 15.9 Å². The summed E-state index contributed by atoms with van der Waals surface area (Å²) in [5.41, 5.74) is 2.31. The van der Waals surface area contributed by atoms with Gasteiger partial charge in [-0.2, -0.15) is 5.26 Å². The van der Waals surface area contributed by atoms with Gasteiger partial charge in [-0.3, -0.25) is 0 Å². The lowest BCUT2D eigenvalue weighted by molar-refractivity contribution is 0.171. The number of ether oxygens (including phenoxy) is 2. The summed E-state index contributed by atoms with van der Waals surface area (Å²) in [5.74, 6) is 2.85. The molecule has 0 saturated heterocycles. The molecule has 2 heterocycles. The lowest BCUT2D eigenvalue weighted by Gasteiger charge is -2.20. The van der Waals surface area contributed by atoms with Crippen molar-refractivity contribution in [2.75, 3.05) is 13.2 Å². The van der Waals surface area contributed by atoms with Crippen molar-refractivity contribution >= 4 is 27.7 Å². The number of hydrogen-bond acceptors (Lipinski definition) is 6. The molecule has 23 heavy (non-hydrogen) atoms. The van der Waals surface area contributed by atoms with Crippen LogP contribution in [-0.4, -0.2) is 23.2 Å². The third-order valence-electron chi connectivity index (χ3n) is 3.36. The number of aryl methyl sites for hydroxylation is 2. The van der Waals surface area contributed by atoms with Crippen LogP contribution in [0.1, 0.15) is 22.6 Å². The fourth-order valence-corrected chi connectivity index (χ4v) is 3.99. The van der Waals surface area contributed by atoms with Gasteiger partial charge in [-0.25, -0.2) is 9.97 Å². The Hall–Kier alpha value is -1.78. The highest BCUT2D eigenvalue weighted by atomic mass is 79.9. The van der Waals surface area contributed by atoms with Crippen LogP contribution in [0, 0.1) is 25.2 Å². The minimum absolute atomic E-state index is 0.536. The predicted molar refractivity (Wildman–Crippen MR) is 90.9 cm³/mol. The molecular weight excluding hydrogens is 378 g/mol. The van der Waals surface area contributed by atoms with Gasteiger partial charge in [0.25, 0.3) is 0 Å². The summed E-state index contributed by atoms with van der Waals surface area (Å²) in [6.07, 6.45) is 0. The highest BCUT2D eigenvalue weighted by molar-refractivity contribution is 9.10. The first-order valence-corrected chi connectivity index (χ1v) is 8.82. The quantitative estimate of drug-likeness (QED) is 0.585. The fraction of sp³-hybridized carbons (Fsp3) is 0.312. The molecule has 1 aliphatic rings. The first-order valence-electron chi connectivity index (χ1n) is 7.04. The van der Waals surface area contributed by atoms with Gasteiger partial charge in [0.1, 0.15) is 35.7 Å². The van der Waals surface area contributed by atoms with Gasteiger partial charge < -0.3 is 9.47 Å². The molecule has 0 spiro atoms. The normalized spacial score (nSPS) is 12.8. The number of nitriles is 1. The molecular formula is C16H14BrN3O2S. The summed E-state index contributed by atoms with van der Waals surface area (Å²) in [5, 5.41) is 10.0. The van der Waals surface area contributed by atoms with Crippen LogP contribution in [-0.2, 0) is 5.75 Å². The van der Waals surface area contributed by atoms with Crippen LogP contribution in [0.3, 0.4) is 0 Å². The number of rotatable bonds is 3. The van der Waals surface area contributed by atoms with E-state index in [9.17, 15) is 5.26 Å². The number of hydrogen-bond donors (Lipinski definition) is 0. The number of fused-ring (bicyclic) bond motifs is 1. The smallest absolute Gasteiger partial charge is 0.162 e. The molecule has 0 amide bonds.